The molecule has 0 unspecified atom stereocenters. The molecule has 2 heteroatoms. The molecule has 0 bridgehead atoms. The van der Waals surface area contributed by atoms with E-state index in [-0.39, 0.29) is 0 Å². The summed E-state index contributed by atoms with van der Waals surface area (Å²) in [6, 6.07) is 0. The molecule has 0 saturated heterocycles. The summed E-state index contributed by atoms with van der Waals surface area (Å²) in [5, 5.41) is 0. The van der Waals surface area contributed by atoms with Gasteiger partial charge in [0.15, 0.2) is 5.89 Å². The van der Waals surface area contributed by atoms with Gasteiger partial charge >= 0.3 is 0 Å². The number of hydrogen-bond acceptors (Lipinski definition) is 2. The van der Waals surface area contributed by atoms with Crippen molar-refractivity contribution < 1.29 is 4.42 Å². The lowest BCUT2D eigenvalue weighted by atomic mass is 10.1. The van der Waals surface area contributed by atoms with Gasteiger partial charge in [-0.2, -0.15) is 0 Å². The highest BCUT2D eigenvalue weighted by Crippen LogP contribution is 2.16. The van der Waals surface area contributed by atoms with Crippen LogP contribution in [0.15, 0.2) is 10.6 Å². The lowest BCUT2D eigenvalue weighted by molar-refractivity contribution is 0.424. The Balaban J connectivity index is 2.36. The molecular formula is C12H21NO. The maximum Gasteiger partial charge on any atom is 0.194 e. The van der Waals surface area contributed by atoms with Crippen molar-refractivity contribution >= 4 is 0 Å². The molecule has 80 valence electrons. The normalized spacial score (nSPS) is 11.6. The predicted octanol–water partition coefficient (Wildman–Crippen LogP) is 3.78. The van der Waals surface area contributed by atoms with Crippen LogP contribution in [0.1, 0.15) is 58.1 Å². The van der Waals surface area contributed by atoms with E-state index in [9.17, 15) is 0 Å². The van der Waals surface area contributed by atoms with Gasteiger partial charge in [-0.25, -0.2) is 4.98 Å². The molecular weight excluding hydrogens is 174 g/mol. The molecule has 0 aromatic carbocycles. The highest BCUT2D eigenvalue weighted by Gasteiger charge is 2.07. The molecule has 0 spiro atoms. The van der Waals surface area contributed by atoms with Crippen LogP contribution in [-0.4, -0.2) is 4.98 Å². The Morgan fingerprint density at radius 3 is 2.50 bits per heavy atom. The van der Waals surface area contributed by atoms with E-state index in [4.69, 9.17) is 4.42 Å². The SMILES string of the molecule is CC(C)CCCc1ncc(C(C)C)o1. The average Bonchev–Trinajstić information content (AvgIpc) is 2.52. The summed E-state index contributed by atoms with van der Waals surface area (Å²) >= 11 is 0. The molecule has 1 aromatic rings. The van der Waals surface area contributed by atoms with Crippen LogP contribution in [0, 0.1) is 5.92 Å². The summed E-state index contributed by atoms with van der Waals surface area (Å²) in [5.41, 5.74) is 0. The molecule has 14 heavy (non-hydrogen) atoms. The fraction of sp³-hybridized carbons (Fsp3) is 0.750. The van der Waals surface area contributed by atoms with E-state index in [1.807, 2.05) is 6.20 Å². The van der Waals surface area contributed by atoms with Crippen molar-refractivity contribution in [3.63, 3.8) is 0 Å². The number of nitrogens with zero attached hydrogens (tertiary/aromatic N) is 1. The van der Waals surface area contributed by atoms with Gasteiger partial charge in [-0.15, -0.1) is 0 Å². The third-order valence-electron chi connectivity index (χ3n) is 2.31. The fourth-order valence-electron chi connectivity index (χ4n) is 1.37. The number of rotatable bonds is 5. The standard InChI is InChI=1S/C12H21NO/c1-9(2)6-5-7-12-13-8-11(14-12)10(3)4/h8-10H,5-7H2,1-4H3. The monoisotopic (exact) mass is 195 g/mol. The minimum Gasteiger partial charge on any atom is -0.445 e. The second-order valence-electron chi connectivity index (χ2n) is 4.60. The topological polar surface area (TPSA) is 26.0 Å². The lowest BCUT2D eigenvalue weighted by Crippen LogP contribution is -1.90. The molecule has 0 fully saturated rings. The highest BCUT2D eigenvalue weighted by molar-refractivity contribution is 4.98. The Hall–Kier alpha value is -0.790. The molecule has 0 amide bonds. The van der Waals surface area contributed by atoms with Crippen molar-refractivity contribution in [3.05, 3.63) is 17.8 Å². The summed E-state index contributed by atoms with van der Waals surface area (Å²) in [7, 11) is 0. The van der Waals surface area contributed by atoms with Gasteiger partial charge in [-0.05, 0) is 12.3 Å². The predicted molar refractivity (Wildman–Crippen MR) is 58.4 cm³/mol. The molecule has 0 saturated carbocycles. The lowest BCUT2D eigenvalue weighted by Gasteiger charge is -2.01. The zero-order valence-electron chi connectivity index (χ0n) is 9.71. The van der Waals surface area contributed by atoms with E-state index in [1.165, 1.54) is 12.8 Å². The van der Waals surface area contributed by atoms with Crippen molar-refractivity contribution in [2.45, 2.75) is 52.9 Å². The van der Waals surface area contributed by atoms with Gasteiger partial charge < -0.3 is 4.42 Å². The number of hydrogen-bond donors (Lipinski definition) is 0. The molecule has 0 aliphatic rings. The van der Waals surface area contributed by atoms with Gasteiger partial charge in [0.25, 0.3) is 0 Å². The first-order valence-electron chi connectivity index (χ1n) is 5.54. The van der Waals surface area contributed by atoms with Crippen molar-refractivity contribution in [1.29, 1.82) is 0 Å². The summed E-state index contributed by atoms with van der Waals surface area (Å²) in [6.45, 7) is 8.74. The average molecular weight is 195 g/mol. The Morgan fingerprint density at radius 2 is 2.00 bits per heavy atom. The second kappa shape index (κ2) is 5.18. The molecule has 2 nitrogen and oxygen atoms in total. The Bertz CT molecular complexity index is 263. The van der Waals surface area contributed by atoms with Crippen LogP contribution in [-0.2, 0) is 6.42 Å². The second-order valence-corrected chi connectivity index (χ2v) is 4.60. The molecule has 0 radical (unpaired) electrons. The van der Waals surface area contributed by atoms with E-state index in [0.29, 0.717) is 5.92 Å². The van der Waals surface area contributed by atoms with E-state index < -0.39 is 0 Å². The minimum atomic E-state index is 0.446. The van der Waals surface area contributed by atoms with Crippen LogP contribution < -0.4 is 0 Å². The maximum absolute atomic E-state index is 5.62. The summed E-state index contributed by atoms with van der Waals surface area (Å²) in [5.74, 6) is 3.12. The molecule has 0 aliphatic heterocycles. The number of aryl methyl sites for hydroxylation is 1. The quantitative estimate of drug-likeness (QED) is 0.714. The van der Waals surface area contributed by atoms with E-state index in [0.717, 1.165) is 24.0 Å². The fourth-order valence-corrected chi connectivity index (χ4v) is 1.37. The zero-order chi connectivity index (χ0) is 10.6. The first-order chi connectivity index (χ1) is 6.59. The van der Waals surface area contributed by atoms with E-state index in [1.54, 1.807) is 0 Å². The molecule has 0 aliphatic carbocycles. The first-order valence-corrected chi connectivity index (χ1v) is 5.54. The van der Waals surface area contributed by atoms with Gasteiger partial charge in [0, 0.05) is 12.3 Å². The first kappa shape index (κ1) is 11.3. The van der Waals surface area contributed by atoms with Crippen LogP contribution in [0.3, 0.4) is 0 Å². The Morgan fingerprint density at radius 1 is 1.29 bits per heavy atom. The van der Waals surface area contributed by atoms with Crippen LogP contribution in [0.4, 0.5) is 0 Å². The molecule has 0 atom stereocenters. The highest BCUT2D eigenvalue weighted by atomic mass is 16.4. The van der Waals surface area contributed by atoms with Crippen molar-refractivity contribution in [3.8, 4) is 0 Å². The van der Waals surface area contributed by atoms with Crippen molar-refractivity contribution in [1.82, 2.24) is 4.98 Å². The van der Waals surface area contributed by atoms with Crippen LogP contribution in [0.2, 0.25) is 0 Å². The van der Waals surface area contributed by atoms with Crippen molar-refractivity contribution in [2.24, 2.45) is 5.92 Å². The molecule has 1 aromatic heterocycles. The molecule has 1 rings (SSSR count). The van der Waals surface area contributed by atoms with E-state index >= 15 is 0 Å². The van der Waals surface area contributed by atoms with Gasteiger partial charge in [0.2, 0.25) is 0 Å². The third-order valence-corrected chi connectivity index (χ3v) is 2.31. The van der Waals surface area contributed by atoms with Crippen LogP contribution in [0.25, 0.3) is 0 Å². The van der Waals surface area contributed by atoms with Crippen LogP contribution in [0.5, 0.6) is 0 Å². The zero-order valence-corrected chi connectivity index (χ0v) is 9.71. The van der Waals surface area contributed by atoms with Gasteiger partial charge in [0.05, 0.1) is 6.20 Å². The third kappa shape index (κ3) is 3.52. The van der Waals surface area contributed by atoms with Gasteiger partial charge in [-0.3, -0.25) is 0 Å². The smallest absolute Gasteiger partial charge is 0.194 e. The largest absolute Gasteiger partial charge is 0.445 e. The van der Waals surface area contributed by atoms with Gasteiger partial charge in [0.1, 0.15) is 5.76 Å². The summed E-state index contributed by atoms with van der Waals surface area (Å²) < 4.78 is 5.62. The summed E-state index contributed by atoms with van der Waals surface area (Å²) in [4.78, 5) is 4.27. The Kier molecular flexibility index (Phi) is 4.18. The summed E-state index contributed by atoms with van der Waals surface area (Å²) in [6.07, 6.45) is 5.26. The van der Waals surface area contributed by atoms with Crippen LogP contribution >= 0.6 is 0 Å². The molecule has 1 heterocycles. The Labute approximate surface area is 86.7 Å². The number of aromatic nitrogens is 1. The van der Waals surface area contributed by atoms with Gasteiger partial charge in [-0.1, -0.05) is 34.1 Å². The molecule has 0 N–H and O–H groups in total. The maximum atomic E-state index is 5.62. The van der Waals surface area contributed by atoms with E-state index in [2.05, 4.69) is 32.7 Å². The minimum absolute atomic E-state index is 0.446. The van der Waals surface area contributed by atoms with Crippen molar-refractivity contribution in [2.75, 3.05) is 0 Å². The number of oxazole rings is 1.